The van der Waals surface area contributed by atoms with E-state index < -0.39 is 39.2 Å². The first-order chi connectivity index (χ1) is 12.1. The van der Waals surface area contributed by atoms with E-state index >= 15 is 0 Å². The highest BCUT2D eigenvalue weighted by Crippen LogP contribution is 2.33. The maximum absolute atomic E-state index is 14.5. The minimum Gasteiger partial charge on any atom is -0.318 e. The zero-order valence-corrected chi connectivity index (χ0v) is 16.7. The summed E-state index contributed by atoms with van der Waals surface area (Å²) in [7, 11) is -1.59. The van der Waals surface area contributed by atoms with Crippen LogP contribution in [0.3, 0.4) is 0 Å². The Hall–Kier alpha value is -1.74. The summed E-state index contributed by atoms with van der Waals surface area (Å²) in [5, 5.41) is 1.70. The van der Waals surface area contributed by atoms with Crippen molar-refractivity contribution in [2.24, 2.45) is 0 Å². The van der Waals surface area contributed by atoms with Gasteiger partial charge in [0, 0.05) is 11.3 Å². The number of hydrogen-bond donors (Lipinski definition) is 2. The first kappa shape index (κ1) is 23.3. The molecule has 2 N–H and O–H groups in total. The van der Waals surface area contributed by atoms with E-state index in [-0.39, 0.29) is 17.7 Å². The Labute approximate surface area is 159 Å². The molecule has 0 aliphatic rings. The lowest BCUT2D eigenvalue weighted by atomic mass is 9.86. The molecule has 0 saturated carbocycles. The van der Waals surface area contributed by atoms with E-state index in [1.54, 1.807) is 39.9 Å². The van der Waals surface area contributed by atoms with Gasteiger partial charge in [0.15, 0.2) is 0 Å². The molecular weight excluding hydrogens is 384 g/mol. The lowest BCUT2D eigenvalue weighted by Crippen LogP contribution is -2.46. The SMILES string of the molecule is C=C(C)C[C@](C)(N[S@](=O)C(C)(C)C)c1cc(NC(=O)C(F)(F)F)ccc1F. The molecule has 4 nitrogen and oxygen atoms in total. The molecule has 0 bridgehead atoms. The Balaban J connectivity index is 3.36. The van der Waals surface area contributed by atoms with Gasteiger partial charge in [-0.05, 0) is 59.2 Å². The van der Waals surface area contributed by atoms with Crippen molar-refractivity contribution in [1.82, 2.24) is 4.72 Å². The van der Waals surface area contributed by atoms with Crippen LogP contribution in [0.5, 0.6) is 0 Å². The summed E-state index contributed by atoms with van der Waals surface area (Å²) >= 11 is 0. The second kappa shape index (κ2) is 8.10. The van der Waals surface area contributed by atoms with E-state index in [0.717, 1.165) is 18.2 Å². The van der Waals surface area contributed by atoms with Crippen LogP contribution < -0.4 is 10.0 Å². The lowest BCUT2D eigenvalue weighted by Gasteiger charge is -2.34. The zero-order chi connectivity index (χ0) is 21.2. The number of nitrogens with one attached hydrogen (secondary N) is 2. The van der Waals surface area contributed by atoms with Gasteiger partial charge in [0.2, 0.25) is 0 Å². The van der Waals surface area contributed by atoms with Crippen LogP contribution >= 0.6 is 0 Å². The third-order valence-electron chi connectivity index (χ3n) is 3.61. The Morgan fingerprint density at radius 2 is 1.74 bits per heavy atom. The standard InChI is InChI=1S/C18H24F4N2O2S/c1-11(2)10-17(6,24-27(26)16(3,4)5)13-9-12(7-8-14(13)19)23-15(25)18(20,21)22/h7-9,24H,1,10H2,2-6H3,(H,23,25)/t17-,27+/m0/s1. The molecule has 0 spiro atoms. The normalized spacial score (nSPS) is 15.7. The van der Waals surface area contributed by atoms with E-state index in [1.165, 1.54) is 0 Å². The second-order valence-electron chi connectivity index (χ2n) is 7.60. The molecule has 0 aromatic heterocycles. The summed E-state index contributed by atoms with van der Waals surface area (Å²) in [6, 6.07) is 3.10. The highest BCUT2D eigenvalue weighted by molar-refractivity contribution is 7.84. The van der Waals surface area contributed by atoms with Crippen molar-refractivity contribution in [3.63, 3.8) is 0 Å². The lowest BCUT2D eigenvalue weighted by molar-refractivity contribution is -0.167. The number of amides is 1. The van der Waals surface area contributed by atoms with Gasteiger partial charge in [-0.2, -0.15) is 13.2 Å². The Bertz CT molecular complexity index is 757. The Morgan fingerprint density at radius 3 is 2.19 bits per heavy atom. The van der Waals surface area contributed by atoms with Gasteiger partial charge in [-0.25, -0.2) is 13.3 Å². The fourth-order valence-electron chi connectivity index (χ4n) is 2.38. The van der Waals surface area contributed by atoms with Crippen LogP contribution in [0.15, 0.2) is 30.4 Å². The van der Waals surface area contributed by atoms with Crippen molar-refractivity contribution in [2.75, 3.05) is 5.32 Å². The average Bonchev–Trinajstić information content (AvgIpc) is 2.46. The number of halogens is 4. The van der Waals surface area contributed by atoms with Crippen molar-refractivity contribution >= 4 is 22.6 Å². The molecule has 0 radical (unpaired) electrons. The molecule has 0 saturated heterocycles. The molecule has 1 aromatic carbocycles. The quantitative estimate of drug-likeness (QED) is 0.536. The summed E-state index contributed by atoms with van der Waals surface area (Å²) in [5.74, 6) is -2.87. The minimum absolute atomic E-state index is 0.0249. The van der Waals surface area contributed by atoms with Crippen LogP contribution in [0.4, 0.5) is 23.2 Å². The number of alkyl halides is 3. The summed E-state index contributed by atoms with van der Waals surface area (Å²) in [4.78, 5) is 11.2. The van der Waals surface area contributed by atoms with Crippen LogP contribution in [0.1, 0.15) is 46.6 Å². The van der Waals surface area contributed by atoms with Gasteiger partial charge >= 0.3 is 12.1 Å². The summed E-state index contributed by atoms with van der Waals surface area (Å²) in [5.41, 5.74) is -0.805. The third-order valence-corrected chi connectivity index (χ3v) is 5.35. The van der Waals surface area contributed by atoms with Gasteiger partial charge in [-0.15, -0.1) is 6.58 Å². The predicted octanol–water partition coefficient (Wildman–Crippen LogP) is 4.56. The third kappa shape index (κ3) is 6.42. The molecule has 0 aliphatic heterocycles. The smallest absolute Gasteiger partial charge is 0.318 e. The maximum atomic E-state index is 14.5. The van der Waals surface area contributed by atoms with Gasteiger partial charge in [-0.1, -0.05) is 5.57 Å². The Kier molecular flexibility index (Phi) is 6.99. The highest BCUT2D eigenvalue weighted by Gasteiger charge is 2.39. The first-order valence-corrected chi connectivity index (χ1v) is 9.23. The molecule has 27 heavy (non-hydrogen) atoms. The summed E-state index contributed by atoms with van der Waals surface area (Å²) in [6.45, 7) is 12.3. The topological polar surface area (TPSA) is 58.2 Å². The highest BCUT2D eigenvalue weighted by atomic mass is 32.2. The second-order valence-corrected chi connectivity index (χ2v) is 9.56. The van der Waals surface area contributed by atoms with Crippen molar-refractivity contribution in [3.8, 4) is 0 Å². The fourth-order valence-corrected chi connectivity index (χ4v) is 3.27. The van der Waals surface area contributed by atoms with Gasteiger partial charge in [-0.3, -0.25) is 4.79 Å². The number of hydrogen-bond acceptors (Lipinski definition) is 2. The van der Waals surface area contributed by atoms with Crippen LogP contribution in [-0.2, 0) is 21.3 Å². The molecule has 2 atom stereocenters. The van der Waals surface area contributed by atoms with Crippen LogP contribution in [0.25, 0.3) is 0 Å². The molecule has 152 valence electrons. The van der Waals surface area contributed by atoms with Crippen LogP contribution in [0, 0.1) is 5.82 Å². The molecule has 0 fully saturated rings. The molecule has 0 aliphatic carbocycles. The number of carbonyl (C=O) groups is 1. The van der Waals surface area contributed by atoms with Gasteiger partial charge in [0.25, 0.3) is 0 Å². The number of benzene rings is 1. The van der Waals surface area contributed by atoms with E-state index in [4.69, 9.17) is 0 Å². The van der Waals surface area contributed by atoms with E-state index in [0.29, 0.717) is 5.57 Å². The maximum Gasteiger partial charge on any atom is 0.471 e. The minimum atomic E-state index is -5.07. The number of anilines is 1. The number of carbonyl (C=O) groups excluding carboxylic acids is 1. The van der Waals surface area contributed by atoms with Crippen molar-refractivity contribution < 1.29 is 26.6 Å². The average molecular weight is 408 g/mol. The largest absolute Gasteiger partial charge is 0.471 e. The van der Waals surface area contributed by atoms with Crippen molar-refractivity contribution in [2.45, 2.75) is 57.5 Å². The van der Waals surface area contributed by atoms with Gasteiger partial charge < -0.3 is 5.32 Å². The van der Waals surface area contributed by atoms with E-state index in [1.807, 2.05) is 0 Å². The van der Waals surface area contributed by atoms with Crippen molar-refractivity contribution in [3.05, 3.63) is 41.7 Å². The molecule has 1 rings (SSSR count). The molecule has 0 heterocycles. The van der Waals surface area contributed by atoms with E-state index in [9.17, 15) is 26.6 Å². The fraction of sp³-hybridized carbons (Fsp3) is 0.500. The summed E-state index contributed by atoms with van der Waals surface area (Å²) in [6.07, 6.45) is -4.88. The van der Waals surface area contributed by atoms with Crippen LogP contribution in [-0.4, -0.2) is 21.0 Å². The first-order valence-electron chi connectivity index (χ1n) is 8.08. The van der Waals surface area contributed by atoms with Gasteiger partial charge in [0.05, 0.1) is 21.3 Å². The molecule has 9 heteroatoms. The molecular formula is C18H24F4N2O2S. The predicted molar refractivity (Wildman–Crippen MR) is 98.9 cm³/mol. The van der Waals surface area contributed by atoms with Crippen molar-refractivity contribution in [1.29, 1.82) is 0 Å². The monoisotopic (exact) mass is 408 g/mol. The molecule has 0 unspecified atom stereocenters. The van der Waals surface area contributed by atoms with Crippen LogP contribution in [0.2, 0.25) is 0 Å². The Morgan fingerprint density at radius 1 is 1.19 bits per heavy atom. The zero-order valence-electron chi connectivity index (χ0n) is 15.9. The number of rotatable bonds is 6. The van der Waals surface area contributed by atoms with E-state index in [2.05, 4.69) is 11.3 Å². The summed E-state index contributed by atoms with van der Waals surface area (Å²) < 4.78 is 66.7. The van der Waals surface area contributed by atoms with Gasteiger partial charge in [0.1, 0.15) is 5.82 Å². The molecule has 1 aromatic rings. The molecule has 1 amide bonds.